The third-order valence-electron chi connectivity index (χ3n) is 6.62. The van der Waals surface area contributed by atoms with Crippen molar-refractivity contribution in [2.45, 2.75) is 12.5 Å². The van der Waals surface area contributed by atoms with Crippen LogP contribution in [0.5, 0.6) is 5.75 Å². The van der Waals surface area contributed by atoms with E-state index in [2.05, 4.69) is 15.1 Å². The van der Waals surface area contributed by atoms with Crippen molar-refractivity contribution >= 4 is 11.6 Å². The van der Waals surface area contributed by atoms with Crippen molar-refractivity contribution in [2.75, 3.05) is 46.5 Å². The van der Waals surface area contributed by atoms with E-state index in [4.69, 9.17) is 9.47 Å². The summed E-state index contributed by atoms with van der Waals surface area (Å²) >= 11 is 0. The molecule has 0 bridgehead atoms. The summed E-state index contributed by atoms with van der Waals surface area (Å²) in [6, 6.07) is 13.6. The van der Waals surface area contributed by atoms with E-state index in [0.29, 0.717) is 17.9 Å². The van der Waals surface area contributed by atoms with E-state index in [1.807, 2.05) is 29.2 Å². The number of nitro groups is 1. The van der Waals surface area contributed by atoms with Gasteiger partial charge in [-0.25, -0.2) is 0 Å². The van der Waals surface area contributed by atoms with E-state index in [1.165, 1.54) is 12.1 Å². The Balaban J connectivity index is 1.47. The van der Waals surface area contributed by atoms with Crippen molar-refractivity contribution in [2.24, 2.45) is 0 Å². The summed E-state index contributed by atoms with van der Waals surface area (Å²) in [4.78, 5) is 28.4. The van der Waals surface area contributed by atoms with E-state index >= 15 is 0 Å². The number of hydrogen-bond donors (Lipinski definition) is 1. The molecule has 2 aromatic carbocycles. The summed E-state index contributed by atoms with van der Waals surface area (Å²) in [7, 11) is 1.61. The van der Waals surface area contributed by atoms with Gasteiger partial charge in [-0.1, -0.05) is 0 Å². The Hall–Kier alpha value is -3.76. The first kappa shape index (κ1) is 23.0. The van der Waals surface area contributed by atoms with Gasteiger partial charge in [0.15, 0.2) is 0 Å². The van der Waals surface area contributed by atoms with Gasteiger partial charge in [-0.05, 0) is 48.4 Å². The number of rotatable bonds is 8. The number of nitro benzene ring substituents is 1. The predicted octanol–water partition coefficient (Wildman–Crippen LogP) is 3.26. The Kier molecular flexibility index (Phi) is 6.47. The first-order chi connectivity index (χ1) is 17.1. The second-order valence-electron chi connectivity index (χ2n) is 8.65. The summed E-state index contributed by atoms with van der Waals surface area (Å²) in [5, 5.41) is 18.6. The molecule has 35 heavy (non-hydrogen) atoms. The second kappa shape index (κ2) is 9.85. The lowest BCUT2D eigenvalue weighted by atomic mass is 9.96. The third kappa shape index (κ3) is 4.50. The Labute approximate surface area is 202 Å². The SMILES string of the molecule is COc1ccc(-c2n[nH]c3c2C(c2ccc([N+](=O)[O-])cc2)N(CCCN2CCOCC2)C3=O)cc1. The molecule has 3 aromatic rings. The Morgan fingerprint density at radius 1 is 1.11 bits per heavy atom. The molecule has 0 saturated carbocycles. The Morgan fingerprint density at radius 3 is 2.49 bits per heavy atom. The summed E-state index contributed by atoms with van der Waals surface area (Å²) in [5.74, 6) is 0.617. The minimum Gasteiger partial charge on any atom is -0.497 e. The van der Waals surface area contributed by atoms with Crippen LogP contribution in [0.1, 0.15) is 34.1 Å². The number of aromatic amines is 1. The predicted molar refractivity (Wildman–Crippen MR) is 128 cm³/mol. The quantitative estimate of drug-likeness (QED) is 0.391. The molecule has 5 rings (SSSR count). The van der Waals surface area contributed by atoms with Crippen LogP contribution < -0.4 is 4.74 Å². The molecule has 10 nitrogen and oxygen atoms in total. The molecule has 0 radical (unpaired) electrons. The lowest BCUT2D eigenvalue weighted by molar-refractivity contribution is -0.384. The van der Waals surface area contributed by atoms with Gasteiger partial charge in [0.25, 0.3) is 11.6 Å². The number of amides is 1. The van der Waals surface area contributed by atoms with Gasteiger partial charge in [0, 0.05) is 49.4 Å². The molecule has 1 unspecified atom stereocenters. The molecule has 3 heterocycles. The number of non-ortho nitro benzene ring substituents is 1. The van der Waals surface area contributed by atoms with Crippen molar-refractivity contribution in [3.63, 3.8) is 0 Å². The lowest BCUT2D eigenvalue weighted by Crippen LogP contribution is -2.38. The fourth-order valence-electron chi connectivity index (χ4n) is 4.81. The summed E-state index contributed by atoms with van der Waals surface area (Å²) in [5.41, 5.74) is 3.63. The van der Waals surface area contributed by atoms with Crippen molar-refractivity contribution in [1.29, 1.82) is 0 Å². The zero-order valence-corrected chi connectivity index (χ0v) is 19.5. The van der Waals surface area contributed by atoms with E-state index in [0.717, 1.165) is 61.7 Å². The van der Waals surface area contributed by atoms with Gasteiger partial charge in [-0.3, -0.25) is 24.9 Å². The monoisotopic (exact) mass is 477 g/mol. The van der Waals surface area contributed by atoms with E-state index in [1.54, 1.807) is 19.2 Å². The molecule has 1 saturated heterocycles. The van der Waals surface area contributed by atoms with Crippen LogP contribution in [0.2, 0.25) is 0 Å². The molecule has 1 amide bonds. The molecule has 1 aromatic heterocycles. The van der Waals surface area contributed by atoms with Crippen LogP contribution in [-0.2, 0) is 4.74 Å². The van der Waals surface area contributed by atoms with Crippen LogP contribution in [0.3, 0.4) is 0 Å². The number of carbonyl (C=O) groups is 1. The van der Waals surface area contributed by atoms with Crippen LogP contribution in [0.15, 0.2) is 48.5 Å². The third-order valence-corrected chi connectivity index (χ3v) is 6.62. The molecular formula is C25H27N5O5. The standard InChI is InChI=1S/C25H27N5O5/c1-34-20-9-5-17(6-10-20)22-21-23(27-26-22)25(31)29(12-2-11-28-13-15-35-16-14-28)24(21)18-3-7-19(8-4-18)30(32)33/h3-10,24H,2,11-16H2,1H3,(H,26,27). The molecule has 1 atom stereocenters. The first-order valence-electron chi connectivity index (χ1n) is 11.6. The Bertz CT molecular complexity index is 1200. The number of ether oxygens (including phenoxy) is 2. The molecule has 2 aliphatic heterocycles. The summed E-state index contributed by atoms with van der Waals surface area (Å²) in [6.07, 6.45) is 0.810. The highest BCUT2D eigenvalue weighted by Gasteiger charge is 2.42. The molecule has 0 spiro atoms. The lowest BCUT2D eigenvalue weighted by Gasteiger charge is -2.29. The fraction of sp³-hybridized carbons (Fsp3) is 0.360. The number of H-pyrrole nitrogens is 1. The number of morpholine rings is 1. The maximum absolute atomic E-state index is 13.5. The molecule has 1 fully saturated rings. The molecule has 0 aliphatic carbocycles. The second-order valence-corrected chi connectivity index (χ2v) is 8.65. The fourth-order valence-corrected chi connectivity index (χ4v) is 4.81. The first-order valence-corrected chi connectivity index (χ1v) is 11.6. The van der Waals surface area contributed by atoms with Crippen LogP contribution in [0.25, 0.3) is 11.3 Å². The Morgan fingerprint density at radius 2 is 1.83 bits per heavy atom. The minimum atomic E-state index is -0.421. The van der Waals surface area contributed by atoms with Gasteiger partial charge < -0.3 is 14.4 Å². The zero-order chi connectivity index (χ0) is 24.4. The highest BCUT2D eigenvalue weighted by atomic mass is 16.6. The van der Waals surface area contributed by atoms with Crippen molar-refractivity contribution in [1.82, 2.24) is 20.0 Å². The molecule has 182 valence electrons. The highest BCUT2D eigenvalue weighted by Crippen LogP contribution is 2.43. The summed E-state index contributed by atoms with van der Waals surface area (Å²) < 4.78 is 10.7. The van der Waals surface area contributed by atoms with E-state index in [9.17, 15) is 14.9 Å². The smallest absolute Gasteiger partial charge is 0.273 e. The molecule has 2 aliphatic rings. The number of nitrogens with zero attached hydrogens (tertiary/aromatic N) is 4. The maximum Gasteiger partial charge on any atom is 0.273 e. The number of fused-ring (bicyclic) bond motifs is 1. The number of nitrogens with one attached hydrogen (secondary N) is 1. The average molecular weight is 478 g/mol. The van der Waals surface area contributed by atoms with E-state index < -0.39 is 4.92 Å². The average Bonchev–Trinajstić information content (AvgIpc) is 3.44. The van der Waals surface area contributed by atoms with E-state index in [-0.39, 0.29) is 17.6 Å². The minimum absolute atomic E-state index is 0.0136. The van der Waals surface area contributed by atoms with Gasteiger partial charge >= 0.3 is 0 Å². The van der Waals surface area contributed by atoms with Gasteiger partial charge in [0.2, 0.25) is 0 Å². The number of benzene rings is 2. The zero-order valence-electron chi connectivity index (χ0n) is 19.5. The number of carbonyl (C=O) groups excluding carboxylic acids is 1. The largest absolute Gasteiger partial charge is 0.497 e. The number of hydrogen-bond acceptors (Lipinski definition) is 7. The molecule has 1 N–H and O–H groups in total. The molecular weight excluding hydrogens is 450 g/mol. The van der Waals surface area contributed by atoms with Gasteiger partial charge in [-0.15, -0.1) is 0 Å². The number of methoxy groups -OCH3 is 1. The highest BCUT2D eigenvalue weighted by molar-refractivity contribution is 6.00. The van der Waals surface area contributed by atoms with Crippen LogP contribution in [0, 0.1) is 10.1 Å². The topological polar surface area (TPSA) is 114 Å². The molecule has 10 heteroatoms. The normalized spacial score (nSPS) is 18.0. The summed E-state index contributed by atoms with van der Waals surface area (Å²) in [6.45, 7) is 4.68. The van der Waals surface area contributed by atoms with Gasteiger partial charge in [-0.2, -0.15) is 5.10 Å². The van der Waals surface area contributed by atoms with Crippen molar-refractivity contribution in [3.05, 3.63) is 75.5 Å². The van der Waals surface area contributed by atoms with Crippen LogP contribution in [0.4, 0.5) is 5.69 Å². The van der Waals surface area contributed by atoms with Crippen molar-refractivity contribution < 1.29 is 19.2 Å². The van der Waals surface area contributed by atoms with Gasteiger partial charge in [0.05, 0.1) is 37.0 Å². The maximum atomic E-state index is 13.5. The number of aromatic nitrogens is 2. The van der Waals surface area contributed by atoms with Crippen LogP contribution >= 0.6 is 0 Å². The van der Waals surface area contributed by atoms with Crippen molar-refractivity contribution in [3.8, 4) is 17.0 Å². The van der Waals surface area contributed by atoms with Crippen LogP contribution in [-0.4, -0.2) is 77.3 Å². The van der Waals surface area contributed by atoms with Gasteiger partial charge in [0.1, 0.15) is 11.4 Å².